The van der Waals surface area contributed by atoms with Gasteiger partial charge in [0.05, 0.1) is 12.6 Å². The predicted molar refractivity (Wildman–Crippen MR) is 75.1 cm³/mol. The van der Waals surface area contributed by atoms with Gasteiger partial charge in [0.1, 0.15) is 0 Å². The Morgan fingerprint density at radius 2 is 2.05 bits per heavy atom. The van der Waals surface area contributed by atoms with Crippen molar-refractivity contribution in [2.24, 2.45) is 0 Å². The van der Waals surface area contributed by atoms with Gasteiger partial charge in [0.15, 0.2) is 0 Å². The molecule has 2 unspecified atom stereocenters. The lowest BCUT2D eigenvalue weighted by atomic mass is 10.0. The van der Waals surface area contributed by atoms with Gasteiger partial charge in [0.2, 0.25) is 5.91 Å². The van der Waals surface area contributed by atoms with Gasteiger partial charge in [0, 0.05) is 19.5 Å². The molecule has 20 heavy (non-hydrogen) atoms. The highest BCUT2D eigenvalue weighted by molar-refractivity contribution is 5.74. The van der Waals surface area contributed by atoms with Crippen molar-refractivity contribution in [3.05, 3.63) is 35.9 Å². The number of nitrogens with one attached hydrogen (secondary N) is 1. The summed E-state index contributed by atoms with van der Waals surface area (Å²) in [5.41, 5.74) is 1.06. The van der Waals surface area contributed by atoms with Crippen LogP contribution in [0.25, 0.3) is 0 Å². The Morgan fingerprint density at radius 1 is 1.35 bits per heavy atom. The summed E-state index contributed by atoms with van der Waals surface area (Å²) < 4.78 is 5.11. The minimum Gasteiger partial charge on any atom is -0.450 e. The fourth-order valence-electron chi connectivity index (χ4n) is 2.63. The molecule has 0 bridgehead atoms. The fourth-order valence-corrected chi connectivity index (χ4v) is 2.63. The maximum Gasteiger partial charge on any atom is 0.410 e. The molecular weight excluding hydrogens is 256 g/mol. The SMILES string of the molecule is CCOC(=O)N1CC(NC(C)=O)CC1c1ccccc1. The number of benzene rings is 1. The maximum absolute atomic E-state index is 12.1. The molecule has 2 rings (SSSR count). The van der Waals surface area contributed by atoms with Gasteiger partial charge in [-0.25, -0.2) is 4.79 Å². The average molecular weight is 276 g/mol. The summed E-state index contributed by atoms with van der Waals surface area (Å²) in [7, 11) is 0. The zero-order valence-corrected chi connectivity index (χ0v) is 11.8. The molecule has 0 saturated carbocycles. The fraction of sp³-hybridized carbons (Fsp3) is 0.467. The van der Waals surface area contributed by atoms with E-state index in [0.717, 1.165) is 5.56 Å². The predicted octanol–water partition coefficient (Wildman–Crippen LogP) is 2.09. The first-order chi connectivity index (χ1) is 9.61. The number of hydrogen-bond acceptors (Lipinski definition) is 3. The molecule has 2 atom stereocenters. The van der Waals surface area contributed by atoms with Crippen molar-refractivity contribution in [3.63, 3.8) is 0 Å². The summed E-state index contributed by atoms with van der Waals surface area (Å²) in [6.07, 6.45) is 0.386. The van der Waals surface area contributed by atoms with Gasteiger partial charge in [-0.15, -0.1) is 0 Å². The van der Waals surface area contributed by atoms with E-state index in [9.17, 15) is 9.59 Å². The second kappa shape index (κ2) is 6.41. The summed E-state index contributed by atoms with van der Waals surface area (Å²) in [5, 5.41) is 2.88. The zero-order chi connectivity index (χ0) is 14.5. The van der Waals surface area contributed by atoms with Crippen LogP contribution in [0.1, 0.15) is 31.9 Å². The molecule has 0 spiro atoms. The lowest BCUT2D eigenvalue weighted by Gasteiger charge is -2.23. The van der Waals surface area contributed by atoms with Gasteiger partial charge >= 0.3 is 6.09 Å². The van der Waals surface area contributed by atoms with Gasteiger partial charge in [0.25, 0.3) is 0 Å². The second-order valence-electron chi connectivity index (χ2n) is 4.91. The molecule has 1 fully saturated rings. The van der Waals surface area contributed by atoms with Crippen molar-refractivity contribution in [2.75, 3.05) is 13.2 Å². The quantitative estimate of drug-likeness (QED) is 0.919. The van der Waals surface area contributed by atoms with E-state index in [-0.39, 0.29) is 24.1 Å². The summed E-state index contributed by atoms with van der Waals surface area (Å²) in [6, 6.07) is 9.75. The number of rotatable bonds is 3. The Kier molecular flexibility index (Phi) is 4.61. The van der Waals surface area contributed by atoms with Crippen LogP contribution >= 0.6 is 0 Å². The number of ether oxygens (including phenoxy) is 1. The van der Waals surface area contributed by atoms with Crippen LogP contribution in [0.5, 0.6) is 0 Å². The third-order valence-electron chi connectivity index (χ3n) is 3.40. The number of carbonyl (C=O) groups excluding carboxylic acids is 2. The molecule has 1 aromatic carbocycles. The molecule has 1 N–H and O–H groups in total. The van der Waals surface area contributed by atoms with E-state index in [1.165, 1.54) is 6.92 Å². The largest absolute Gasteiger partial charge is 0.450 e. The highest BCUT2D eigenvalue weighted by Crippen LogP contribution is 2.32. The first-order valence-corrected chi connectivity index (χ1v) is 6.87. The van der Waals surface area contributed by atoms with Crippen LogP contribution in [-0.2, 0) is 9.53 Å². The highest BCUT2D eigenvalue weighted by Gasteiger charge is 2.37. The Hall–Kier alpha value is -2.04. The first-order valence-electron chi connectivity index (χ1n) is 6.87. The summed E-state index contributed by atoms with van der Waals surface area (Å²) in [4.78, 5) is 24.9. The molecule has 108 valence electrons. The average Bonchev–Trinajstić information content (AvgIpc) is 2.83. The number of amides is 2. The molecule has 0 aromatic heterocycles. The third kappa shape index (κ3) is 3.29. The third-order valence-corrected chi connectivity index (χ3v) is 3.40. The van der Waals surface area contributed by atoms with Crippen molar-refractivity contribution >= 4 is 12.0 Å². The number of hydrogen-bond donors (Lipinski definition) is 1. The Morgan fingerprint density at radius 3 is 2.65 bits per heavy atom. The minimum atomic E-state index is -0.325. The number of carbonyl (C=O) groups is 2. The van der Waals surface area contributed by atoms with E-state index in [0.29, 0.717) is 19.6 Å². The lowest BCUT2D eigenvalue weighted by molar-refractivity contribution is -0.119. The monoisotopic (exact) mass is 276 g/mol. The molecule has 5 nitrogen and oxygen atoms in total. The van der Waals surface area contributed by atoms with Crippen LogP contribution in [-0.4, -0.2) is 36.1 Å². The van der Waals surface area contributed by atoms with Crippen LogP contribution < -0.4 is 5.32 Å². The van der Waals surface area contributed by atoms with Crippen molar-refractivity contribution in [2.45, 2.75) is 32.4 Å². The second-order valence-corrected chi connectivity index (χ2v) is 4.91. The topological polar surface area (TPSA) is 58.6 Å². The van der Waals surface area contributed by atoms with Gasteiger partial charge in [-0.3, -0.25) is 9.69 Å². The Labute approximate surface area is 118 Å². The summed E-state index contributed by atoms with van der Waals surface area (Å²) >= 11 is 0. The molecule has 1 saturated heterocycles. The van der Waals surface area contributed by atoms with Gasteiger partial charge in [-0.05, 0) is 18.9 Å². The molecule has 0 radical (unpaired) electrons. The molecule has 0 aliphatic carbocycles. The van der Waals surface area contributed by atoms with Crippen molar-refractivity contribution in [3.8, 4) is 0 Å². The smallest absolute Gasteiger partial charge is 0.410 e. The van der Waals surface area contributed by atoms with E-state index in [1.54, 1.807) is 11.8 Å². The van der Waals surface area contributed by atoms with Gasteiger partial charge < -0.3 is 10.1 Å². The van der Waals surface area contributed by atoms with Crippen LogP contribution in [0.2, 0.25) is 0 Å². The normalized spacial score (nSPS) is 21.6. The standard InChI is InChI=1S/C15H20N2O3/c1-3-20-15(19)17-10-13(16-11(2)18)9-14(17)12-7-5-4-6-8-12/h4-8,13-14H,3,9-10H2,1-2H3,(H,16,18). The zero-order valence-electron chi connectivity index (χ0n) is 11.8. The van der Waals surface area contributed by atoms with Crippen LogP contribution in [0, 0.1) is 0 Å². The van der Waals surface area contributed by atoms with E-state index in [4.69, 9.17) is 4.74 Å². The number of nitrogens with zero attached hydrogens (tertiary/aromatic N) is 1. The van der Waals surface area contributed by atoms with Crippen molar-refractivity contribution in [1.29, 1.82) is 0 Å². The van der Waals surface area contributed by atoms with E-state index < -0.39 is 0 Å². The molecule has 5 heteroatoms. The lowest BCUT2D eigenvalue weighted by Crippen LogP contribution is -2.37. The van der Waals surface area contributed by atoms with Crippen LogP contribution in [0.3, 0.4) is 0 Å². The van der Waals surface area contributed by atoms with E-state index in [1.807, 2.05) is 30.3 Å². The molecule has 1 heterocycles. The number of likely N-dealkylation sites (tertiary alicyclic amines) is 1. The van der Waals surface area contributed by atoms with E-state index >= 15 is 0 Å². The van der Waals surface area contributed by atoms with E-state index in [2.05, 4.69) is 5.32 Å². The van der Waals surface area contributed by atoms with Gasteiger partial charge in [-0.2, -0.15) is 0 Å². The Balaban J connectivity index is 2.17. The maximum atomic E-state index is 12.1. The summed E-state index contributed by atoms with van der Waals surface area (Å²) in [6.45, 7) is 4.11. The first kappa shape index (κ1) is 14.4. The minimum absolute atomic E-state index is 0.0258. The Bertz CT molecular complexity index is 475. The van der Waals surface area contributed by atoms with Gasteiger partial charge in [-0.1, -0.05) is 30.3 Å². The summed E-state index contributed by atoms with van der Waals surface area (Å²) in [5.74, 6) is -0.0764. The van der Waals surface area contributed by atoms with Crippen LogP contribution in [0.4, 0.5) is 4.79 Å². The molecule has 2 amide bonds. The molecular formula is C15H20N2O3. The van der Waals surface area contributed by atoms with Crippen molar-refractivity contribution < 1.29 is 14.3 Å². The molecule has 1 aliphatic rings. The molecule has 1 aliphatic heterocycles. The highest BCUT2D eigenvalue weighted by atomic mass is 16.6. The molecule has 1 aromatic rings. The van der Waals surface area contributed by atoms with Crippen LogP contribution in [0.15, 0.2) is 30.3 Å². The van der Waals surface area contributed by atoms with Crippen molar-refractivity contribution in [1.82, 2.24) is 10.2 Å².